The molecule has 0 aliphatic carbocycles. The Morgan fingerprint density at radius 2 is 2.19 bits per heavy atom. The molecule has 82 valence electrons. The number of aromatic hydroxyl groups is 1. The first-order valence-electron chi connectivity index (χ1n) is 4.58. The Morgan fingerprint density at radius 3 is 2.75 bits per heavy atom. The molecule has 0 fully saturated rings. The molecule has 0 bridgehead atoms. The molecule has 16 heavy (non-hydrogen) atoms. The summed E-state index contributed by atoms with van der Waals surface area (Å²) in [6, 6.07) is 7.53. The summed E-state index contributed by atoms with van der Waals surface area (Å²) in [5.74, 6) is -1.58. The van der Waals surface area contributed by atoms with Gasteiger partial charge in [-0.1, -0.05) is 23.8 Å². The third kappa shape index (κ3) is 1.90. The highest BCUT2D eigenvalue weighted by Gasteiger charge is 2.17. The molecule has 0 unspecified atom stereocenters. The van der Waals surface area contributed by atoms with Crippen LogP contribution in [-0.2, 0) is 0 Å². The molecule has 1 aromatic heterocycles. The van der Waals surface area contributed by atoms with Crippen molar-refractivity contribution in [1.82, 2.24) is 4.98 Å². The summed E-state index contributed by atoms with van der Waals surface area (Å²) in [5.41, 5.74) is 1.87. The highest BCUT2D eigenvalue weighted by atomic mass is 32.1. The Bertz CT molecular complexity index is 548. The van der Waals surface area contributed by atoms with E-state index >= 15 is 0 Å². The number of hydrogen-bond acceptors (Lipinski definition) is 4. The molecule has 0 aliphatic heterocycles. The van der Waals surface area contributed by atoms with Crippen LogP contribution in [0.25, 0.3) is 10.6 Å². The van der Waals surface area contributed by atoms with Gasteiger partial charge >= 0.3 is 5.97 Å². The monoisotopic (exact) mass is 235 g/mol. The number of rotatable bonds is 2. The Kier molecular flexibility index (Phi) is 2.62. The molecule has 2 rings (SSSR count). The Hall–Kier alpha value is -1.88. The van der Waals surface area contributed by atoms with Gasteiger partial charge in [-0.05, 0) is 13.0 Å². The lowest BCUT2D eigenvalue weighted by Crippen LogP contribution is -1.91. The van der Waals surface area contributed by atoms with Crippen LogP contribution >= 0.6 is 11.3 Å². The predicted molar refractivity (Wildman–Crippen MR) is 60.9 cm³/mol. The maximum Gasteiger partial charge on any atom is 0.351 e. The van der Waals surface area contributed by atoms with E-state index in [1.807, 2.05) is 31.2 Å². The van der Waals surface area contributed by atoms with Crippen LogP contribution in [0, 0.1) is 6.92 Å². The van der Waals surface area contributed by atoms with Crippen molar-refractivity contribution in [3.63, 3.8) is 0 Å². The summed E-state index contributed by atoms with van der Waals surface area (Å²) < 4.78 is 0. The number of carboxylic acids is 1. The molecule has 0 saturated heterocycles. The van der Waals surface area contributed by atoms with E-state index in [-0.39, 0.29) is 4.88 Å². The summed E-state index contributed by atoms with van der Waals surface area (Å²) in [6.45, 7) is 1.94. The van der Waals surface area contributed by atoms with Crippen LogP contribution in [0.5, 0.6) is 5.88 Å². The summed E-state index contributed by atoms with van der Waals surface area (Å²) in [5, 5.41) is 18.7. The topological polar surface area (TPSA) is 70.4 Å². The molecule has 0 atom stereocenters. The number of aromatic carboxylic acids is 1. The van der Waals surface area contributed by atoms with Gasteiger partial charge in [0.25, 0.3) is 0 Å². The van der Waals surface area contributed by atoms with Crippen LogP contribution in [0.1, 0.15) is 15.2 Å². The summed E-state index contributed by atoms with van der Waals surface area (Å²) in [6.07, 6.45) is 0. The van der Waals surface area contributed by atoms with Crippen LogP contribution in [0.15, 0.2) is 24.3 Å². The first-order valence-corrected chi connectivity index (χ1v) is 5.39. The maximum absolute atomic E-state index is 10.7. The molecule has 0 saturated carbocycles. The quantitative estimate of drug-likeness (QED) is 0.839. The summed E-state index contributed by atoms with van der Waals surface area (Å²) >= 11 is 0.969. The number of hydrogen-bond donors (Lipinski definition) is 2. The minimum absolute atomic E-state index is 0.128. The highest BCUT2D eigenvalue weighted by Crippen LogP contribution is 2.31. The number of carbonyl (C=O) groups is 1. The van der Waals surface area contributed by atoms with E-state index in [1.54, 1.807) is 0 Å². The molecule has 4 nitrogen and oxygen atoms in total. The zero-order valence-electron chi connectivity index (χ0n) is 8.47. The van der Waals surface area contributed by atoms with E-state index in [9.17, 15) is 9.90 Å². The van der Waals surface area contributed by atoms with Crippen molar-refractivity contribution < 1.29 is 15.0 Å². The molecular weight excluding hydrogens is 226 g/mol. The third-order valence-electron chi connectivity index (χ3n) is 2.07. The fraction of sp³-hybridized carbons (Fsp3) is 0.0909. The van der Waals surface area contributed by atoms with Crippen LogP contribution in [0.3, 0.4) is 0 Å². The lowest BCUT2D eigenvalue weighted by molar-refractivity contribution is 0.0699. The Morgan fingerprint density at radius 1 is 1.44 bits per heavy atom. The van der Waals surface area contributed by atoms with Crippen molar-refractivity contribution in [3.8, 4) is 16.5 Å². The van der Waals surface area contributed by atoms with E-state index in [4.69, 9.17) is 5.11 Å². The van der Waals surface area contributed by atoms with E-state index < -0.39 is 11.8 Å². The molecule has 5 heteroatoms. The lowest BCUT2D eigenvalue weighted by atomic mass is 10.1. The zero-order valence-corrected chi connectivity index (χ0v) is 9.28. The van der Waals surface area contributed by atoms with Crippen LogP contribution in [-0.4, -0.2) is 21.2 Å². The number of carboxylic acid groups (broad SMARTS) is 1. The molecule has 0 amide bonds. The first-order chi connectivity index (χ1) is 7.58. The van der Waals surface area contributed by atoms with E-state index in [0.29, 0.717) is 5.01 Å². The van der Waals surface area contributed by atoms with Gasteiger partial charge in [0.15, 0.2) is 4.88 Å². The zero-order chi connectivity index (χ0) is 11.7. The van der Waals surface area contributed by atoms with Gasteiger partial charge in [0.05, 0.1) is 0 Å². The second kappa shape index (κ2) is 3.94. The average molecular weight is 235 g/mol. The SMILES string of the molecule is Cc1cccc(-c2nc(O)c(C(=O)O)s2)c1. The maximum atomic E-state index is 10.7. The van der Waals surface area contributed by atoms with Crippen molar-refractivity contribution in [3.05, 3.63) is 34.7 Å². The Balaban J connectivity index is 2.49. The number of aromatic nitrogens is 1. The highest BCUT2D eigenvalue weighted by molar-refractivity contribution is 7.17. The normalized spacial score (nSPS) is 10.3. The number of thiazole rings is 1. The van der Waals surface area contributed by atoms with Crippen molar-refractivity contribution >= 4 is 17.3 Å². The van der Waals surface area contributed by atoms with E-state index in [0.717, 1.165) is 22.5 Å². The van der Waals surface area contributed by atoms with Gasteiger partial charge in [-0.2, -0.15) is 0 Å². The third-order valence-corrected chi connectivity index (χ3v) is 3.15. The van der Waals surface area contributed by atoms with Gasteiger partial charge in [-0.3, -0.25) is 0 Å². The summed E-state index contributed by atoms with van der Waals surface area (Å²) in [4.78, 5) is 14.5. The van der Waals surface area contributed by atoms with Crippen molar-refractivity contribution in [2.24, 2.45) is 0 Å². The standard InChI is InChI=1S/C11H9NO3S/c1-6-3-2-4-7(5-6)10-12-9(13)8(16-10)11(14)15/h2-5,13H,1H3,(H,14,15). The number of nitrogens with zero attached hydrogens (tertiary/aromatic N) is 1. The van der Waals surface area contributed by atoms with E-state index in [2.05, 4.69) is 4.98 Å². The molecule has 2 aromatic rings. The number of aryl methyl sites for hydroxylation is 1. The fourth-order valence-electron chi connectivity index (χ4n) is 1.35. The minimum atomic E-state index is -1.16. The molecule has 0 spiro atoms. The van der Waals surface area contributed by atoms with Crippen LogP contribution < -0.4 is 0 Å². The lowest BCUT2D eigenvalue weighted by Gasteiger charge is -1.96. The van der Waals surface area contributed by atoms with Gasteiger partial charge in [0.2, 0.25) is 5.88 Å². The van der Waals surface area contributed by atoms with Crippen LogP contribution in [0.4, 0.5) is 0 Å². The predicted octanol–water partition coefficient (Wildman–Crippen LogP) is 2.52. The van der Waals surface area contributed by atoms with Gasteiger partial charge in [-0.15, -0.1) is 11.3 Å². The van der Waals surface area contributed by atoms with Crippen molar-refractivity contribution in [2.45, 2.75) is 6.92 Å². The van der Waals surface area contributed by atoms with Crippen molar-refractivity contribution in [2.75, 3.05) is 0 Å². The van der Waals surface area contributed by atoms with Gasteiger partial charge < -0.3 is 10.2 Å². The first kappa shape index (κ1) is 10.6. The summed E-state index contributed by atoms with van der Waals surface area (Å²) in [7, 11) is 0. The van der Waals surface area contributed by atoms with E-state index in [1.165, 1.54) is 0 Å². The second-order valence-corrected chi connectivity index (χ2v) is 4.35. The smallest absolute Gasteiger partial charge is 0.351 e. The fourth-order valence-corrected chi connectivity index (χ4v) is 2.15. The largest absolute Gasteiger partial charge is 0.492 e. The van der Waals surface area contributed by atoms with Gasteiger partial charge in [0, 0.05) is 5.56 Å². The number of benzene rings is 1. The van der Waals surface area contributed by atoms with Crippen LogP contribution in [0.2, 0.25) is 0 Å². The molecular formula is C11H9NO3S. The average Bonchev–Trinajstić information content (AvgIpc) is 2.60. The molecule has 0 aliphatic rings. The van der Waals surface area contributed by atoms with Crippen molar-refractivity contribution in [1.29, 1.82) is 0 Å². The van der Waals surface area contributed by atoms with Gasteiger partial charge in [-0.25, -0.2) is 9.78 Å². The van der Waals surface area contributed by atoms with Gasteiger partial charge in [0.1, 0.15) is 5.01 Å². The molecule has 2 N–H and O–H groups in total. The second-order valence-electron chi connectivity index (χ2n) is 3.35. The molecule has 1 aromatic carbocycles. The molecule has 0 radical (unpaired) electrons. The molecule has 1 heterocycles. The Labute approximate surface area is 95.8 Å². The minimum Gasteiger partial charge on any atom is -0.492 e.